The summed E-state index contributed by atoms with van der Waals surface area (Å²) >= 11 is 5.83. The van der Waals surface area contributed by atoms with Crippen LogP contribution in [0.4, 0.5) is 0 Å². The van der Waals surface area contributed by atoms with Gasteiger partial charge in [-0.15, -0.1) is 0 Å². The first-order valence-electron chi connectivity index (χ1n) is 9.60. The van der Waals surface area contributed by atoms with E-state index in [0.717, 1.165) is 47.6 Å². The molecule has 142 valence electrons. The first-order chi connectivity index (χ1) is 13.1. The second-order valence-electron chi connectivity index (χ2n) is 7.51. The Balaban J connectivity index is 1.68. The van der Waals surface area contributed by atoms with Gasteiger partial charge in [-0.3, -0.25) is 9.47 Å². The van der Waals surface area contributed by atoms with Crippen molar-refractivity contribution in [3.63, 3.8) is 0 Å². The smallest absolute Gasteiger partial charge is 0.199 e. The van der Waals surface area contributed by atoms with E-state index in [2.05, 4.69) is 40.7 Å². The summed E-state index contributed by atoms with van der Waals surface area (Å²) in [5, 5.41) is 4.90. The van der Waals surface area contributed by atoms with Crippen LogP contribution >= 0.6 is 12.2 Å². The van der Waals surface area contributed by atoms with Crippen molar-refractivity contribution in [3.05, 3.63) is 58.8 Å². The first-order valence-corrected chi connectivity index (χ1v) is 10.0. The van der Waals surface area contributed by atoms with Crippen LogP contribution in [0.5, 0.6) is 0 Å². The number of aromatic nitrogens is 3. The van der Waals surface area contributed by atoms with Crippen LogP contribution in [0, 0.1) is 17.6 Å². The topological polar surface area (TPSA) is 39.1 Å². The lowest BCUT2D eigenvalue weighted by atomic mass is 10.00. The molecule has 4 rings (SSSR count). The van der Waals surface area contributed by atoms with Gasteiger partial charge in [-0.2, -0.15) is 5.10 Å². The van der Waals surface area contributed by atoms with Crippen LogP contribution in [0.25, 0.3) is 11.4 Å². The van der Waals surface area contributed by atoms with Crippen molar-refractivity contribution in [1.82, 2.24) is 19.2 Å². The zero-order valence-electron chi connectivity index (χ0n) is 16.0. The predicted molar refractivity (Wildman–Crippen MR) is 109 cm³/mol. The van der Waals surface area contributed by atoms with Gasteiger partial charge >= 0.3 is 0 Å². The summed E-state index contributed by atoms with van der Waals surface area (Å²) in [5.74, 6) is 2.55. The van der Waals surface area contributed by atoms with Crippen LogP contribution < -0.4 is 0 Å². The van der Waals surface area contributed by atoms with E-state index in [1.165, 1.54) is 18.4 Å². The van der Waals surface area contributed by atoms with Crippen LogP contribution in [0.3, 0.4) is 0 Å². The second kappa shape index (κ2) is 7.82. The summed E-state index contributed by atoms with van der Waals surface area (Å²) in [6.07, 6.45) is 4.20. The minimum atomic E-state index is 0.705. The molecule has 3 heterocycles. The minimum Gasteiger partial charge on any atom is -0.469 e. The molecule has 0 unspecified atom stereocenters. The summed E-state index contributed by atoms with van der Waals surface area (Å²) in [6.45, 7) is 7.96. The van der Waals surface area contributed by atoms with Crippen LogP contribution in [0.1, 0.15) is 31.1 Å². The number of rotatable bonds is 5. The van der Waals surface area contributed by atoms with Gasteiger partial charge < -0.3 is 4.42 Å². The maximum absolute atomic E-state index is 5.83. The number of likely N-dealkylation sites (tertiary alicyclic amines) is 1. The van der Waals surface area contributed by atoms with Crippen molar-refractivity contribution in [2.24, 2.45) is 5.92 Å². The fourth-order valence-corrected chi connectivity index (χ4v) is 3.90. The second-order valence-corrected chi connectivity index (χ2v) is 7.88. The van der Waals surface area contributed by atoms with Crippen molar-refractivity contribution in [1.29, 1.82) is 0 Å². The van der Waals surface area contributed by atoms with Crippen molar-refractivity contribution >= 4 is 12.2 Å². The molecular weight excluding hydrogens is 356 g/mol. The molecule has 1 saturated heterocycles. The van der Waals surface area contributed by atoms with Gasteiger partial charge in [-0.1, -0.05) is 37.3 Å². The lowest BCUT2D eigenvalue weighted by Crippen LogP contribution is -2.34. The molecule has 2 aromatic heterocycles. The number of piperidine rings is 1. The molecule has 1 fully saturated rings. The van der Waals surface area contributed by atoms with E-state index in [-0.39, 0.29) is 0 Å². The molecule has 0 spiro atoms. The highest BCUT2D eigenvalue weighted by Crippen LogP contribution is 2.25. The first kappa shape index (κ1) is 18.2. The number of nitrogens with zero attached hydrogens (tertiary/aromatic N) is 4. The van der Waals surface area contributed by atoms with Gasteiger partial charge in [0.05, 0.1) is 25.0 Å². The van der Waals surface area contributed by atoms with Gasteiger partial charge in [0.2, 0.25) is 0 Å². The van der Waals surface area contributed by atoms with Crippen LogP contribution in [0.2, 0.25) is 0 Å². The summed E-state index contributed by atoms with van der Waals surface area (Å²) in [5.41, 5.74) is 2.21. The molecule has 27 heavy (non-hydrogen) atoms. The van der Waals surface area contributed by atoms with E-state index in [1.54, 1.807) is 6.26 Å². The third kappa shape index (κ3) is 3.92. The lowest BCUT2D eigenvalue weighted by Gasteiger charge is -2.29. The van der Waals surface area contributed by atoms with Crippen LogP contribution in [-0.2, 0) is 13.2 Å². The molecule has 0 radical (unpaired) electrons. The summed E-state index contributed by atoms with van der Waals surface area (Å²) in [7, 11) is 0. The van der Waals surface area contributed by atoms with E-state index in [9.17, 15) is 0 Å². The van der Waals surface area contributed by atoms with Crippen LogP contribution in [-0.4, -0.2) is 32.3 Å². The highest BCUT2D eigenvalue weighted by Gasteiger charge is 2.20. The maximum atomic E-state index is 5.83. The maximum Gasteiger partial charge on any atom is 0.199 e. The number of benzene rings is 1. The molecular formula is C21H26N4OS. The molecule has 0 atom stereocenters. The Hall–Kier alpha value is -2.18. The van der Waals surface area contributed by atoms with Crippen molar-refractivity contribution in [2.45, 2.75) is 39.9 Å². The van der Waals surface area contributed by atoms with Gasteiger partial charge in [0.1, 0.15) is 5.76 Å². The largest absolute Gasteiger partial charge is 0.469 e. The zero-order chi connectivity index (χ0) is 18.8. The molecule has 0 bridgehead atoms. The highest BCUT2D eigenvalue weighted by atomic mass is 32.1. The predicted octanol–water partition coefficient (Wildman–Crippen LogP) is 4.72. The van der Waals surface area contributed by atoms with Gasteiger partial charge in [0, 0.05) is 13.1 Å². The monoisotopic (exact) mass is 382 g/mol. The third-order valence-corrected chi connectivity index (χ3v) is 5.85. The van der Waals surface area contributed by atoms with Crippen molar-refractivity contribution in [3.8, 4) is 11.4 Å². The Morgan fingerprint density at radius 3 is 2.56 bits per heavy atom. The SMILES string of the molecule is Cc1occc1-c1nn(CN2CCC(C)CC2)c(=S)n1Cc1ccccc1. The molecule has 1 aliphatic heterocycles. The molecule has 0 N–H and O–H groups in total. The van der Waals surface area contributed by atoms with Crippen molar-refractivity contribution in [2.75, 3.05) is 13.1 Å². The fraction of sp³-hybridized carbons (Fsp3) is 0.429. The Labute approximate surface area is 165 Å². The molecule has 1 aromatic carbocycles. The van der Waals surface area contributed by atoms with Gasteiger partial charge in [-0.05, 0) is 49.5 Å². The van der Waals surface area contributed by atoms with Gasteiger partial charge in [-0.25, -0.2) is 4.68 Å². The standard InChI is InChI=1S/C21H26N4OS/c1-16-8-11-23(12-9-16)15-25-21(27)24(14-18-6-4-3-5-7-18)20(22-25)19-10-13-26-17(19)2/h3-7,10,13,16H,8-9,11-12,14-15H2,1-2H3. The molecule has 0 saturated carbocycles. The lowest BCUT2D eigenvalue weighted by molar-refractivity contribution is 0.146. The van der Waals surface area contributed by atoms with Crippen LogP contribution in [0.15, 0.2) is 47.1 Å². The quantitative estimate of drug-likeness (QED) is 0.599. The highest BCUT2D eigenvalue weighted by molar-refractivity contribution is 7.71. The average molecular weight is 383 g/mol. The summed E-state index contributed by atoms with van der Waals surface area (Å²) in [4.78, 5) is 2.45. The minimum absolute atomic E-state index is 0.705. The Morgan fingerprint density at radius 2 is 1.89 bits per heavy atom. The zero-order valence-corrected chi connectivity index (χ0v) is 16.8. The van der Waals surface area contributed by atoms with E-state index in [0.29, 0.717) is 6.54 Å². The summed E-state index contributed by atoms with van der Waals surface area (Å²) < 4.78 is 10.4. The molecule has 6 heteroatoms. The molecule has 1 aliphatic rings. The number of hydrogen-bond acceptors (Lipinski definition) is 4. The number of furan rings is 1. The van der Waals surface area contributed by atoms with E-state index < -0.39 is 0 Å². The Morgan fingerprint density at radius 1 is 1.15 bits per heavy atom. The fourth-order valence-electron chi connectivity index (χ4n) is 3.65. The van der Waals surface area contributed by atoms with Gasteiger partial charge in [0.15, 0.2) is 10.6 Å². The van der Waals surface area contributed by atoms with E-state index in [4.69, 9.17) is 21.7 Å². The Kier molecular flexibility index (Phi) is 5.27. The molecule has 3 aromatic rings. The number of aryl methyl sites for hydroxylation is 1. The molecule has 0 amide bonds. The van der Waals surface area contributed by atoms with Crippen molar-refractivity contribution < 1.29 is 4.42 Å². The third-order valence-electron chi connectivity index (χ3n) is 5.42. The van der Waals surface area contributed by atoms with E-state index in [1.807, 2.05) is 23.7 Å². The average Bonchev–Trinajstić information content (AvgIpc) is 3.22. The normalized spacial score (nSPS) is 16.1. The number of hydrogen-bond donors (Lipinski definition) is 0. The van der Waals surface area contributed by atoms with E-state index >= 15 is 0 Å². The molecule has 5 nitrogen and oxygen atoms in total. The Bertz CT molecular complexity index is 948. The molecule has 0 aliphatic carbocycles. The summed E-state index contributed by atoms with van der Waals surface area (Å²) in [6, 6.07) is 12.4. The van der Waals surface area contributed by atoms with Gasteiger partial charge in [0.25, 0.3) is 0 Å².